The highest BCUT2D eigenvalue weighted by atomic mass is 32.2. The molecule has 10 heteroatoms. The number of hydrogen-bond donors (Lipinski definition) is 1. The van der Waals surface area contributed by atoms with E-state index < -0.39 is 25.8 Å². The molecule has 0 aromatic carbocycles. The predicted molar refractivity (Wildman–Crippen MR) is 75.2 cm³/mol. The van der Waals surface area contributed by atoms with Crippen molar-refractivity contribution in [3.63, 3.8) is 0 Å². The summed E-state index contributed by atoms with van der Waals surface area (Å²) < 4.78 is 52.3. The molecule has 1 aromatic heterocycles. The lowest BCUT2D eigenvalue weighted by Gasteiger charge is -2.03. The van der Waals surface area contributed by atoms with Crippen LogP contribution in [0.1, 0.15) is 16.1 Å². The zero-order valence-electron chi connectivity index (χ0n) is 11.0. The lowest BCUT2D eigenvalue weighted by molar-refractivity contribution is 0.0606. The van der Waals surface area contributed by atoms with Gasteiger partial charge in [0.2, 0.25) is 10.0 Å². The molecular formula is C10H15NO6S3. The quantitative estimate of drug-likeness (QED) is 0.563. The number of sulfonamides is 1. The molecule has 0 saturated carbocycles. The van der Waals surface area contributed by atoms with E-state index in [0.717, 1.165) is 17.6 Å². The molecule has 1 rings (SSSR count). The van der Waals surface area contributed by atoms with Crippen molar-refractivity contribution in [2.75, 3.05) is 25.7 Å². The SMILES string of the molecule is COC(=O)c1ccc(S(=O)(=O)NCCCS(C)(=O)=O)s1. The van der Waals surface area contributed by atoms with Crippen molar-refractivity contribution in [2.24, 2.45) is 0 Å². The summed E-state index contributed by atoms with van der Waals surface area (Å²) in [5.41, 5.74) is 0. The zero-order chi connectivity index (χ0) is 15.4. The molecule has 0 aliphatic heterocycles. The average molecular weight is 341 g/mol. The van der Waals surface area contributed by atoms with Crippen molar-refractivity contribution >= 4 is 37.2 Å². The Labute approximate surface area is 121 Å². The van der Waals surface area contributed by atoms with E-state index in [1.54, 1.807) is 0 Å². The van der Waals surface area contributed by atoms with Gasteiger partial charge in [0, 0.05) is 12.8 Å². The minimum absolute atomic E-state index is 0.0147. The first-order chi connectivity index (χ1) is 9.15. The minimum atomic E-state index is -3.73. The summed E-state index contributed by atoms with van der Waals surface area (Å²) in [5, 5.41) is 0. The van der Waals surface area contributed by atoms with Gasteiger partial charge < -0.3 is 4.74 Å². The highest BCUT2D eigenvalue weighted by Crippen LogP contribution is 2.21. The van der Waals surface area contributed by atoms with Crippen molar-refractivity contribution in [2.45, 2.75) is 10.6 Å². The van der Waals surface area contributed by atoms with Crippen LogP contribution in [0.25, 0.3) is 0 Å². The molecule has 0 radical (unpaired) electrons. The minimum Gasteiger partial charge on any atom is -0.465 e. The van der Waals surface area contributed by atoms with Gasteiger partial charge in [-0.25, -0.2) is 26.4 Å². The monoisotopic (exact) mass is 341 g/mol. The Morgan fingerprint density at radius 2 is 1.95 bits per heavy atom. The molecule has 0 saturated heterocycles. The van der Waals surface area contributed by atoms with Crippen molar-refractivity contribution in [3.8, 4) is 0 Å². The summed E-state index contributed by atoms with van der Waals surface area (Å²) in [6.07, 6.45) is 1.27. The maximum absolute atomic E-state index is 11.9. The van der Waals surface area contributed by atoms with Gasteiger partial charge in [0.1, 0.15) is 18.9 Å². The van der Waals surface area contributed by atoms with Gasteiger partial charge in [0.15, 0.2) is 0 Å². The highest BCUT2D eigenvalue weighted by molar-refractivity contribution is 7.91. The average Bonchev–Trinajstić information content (AvgIpc) is 2.83. The van der Waals surface area contributed by atoms with Crippen molar-refractivity contribution < 1.29 is 26.4 Å². The number of rotatable bonds is 7. The number of esters is 1. The first-order valence-electron chi connectivity index (χ1n) is 5.51. The Morgan fingerprint density at radius 3 is 2.50 bits per heavy atom. The van der Waals surface area contributed by atoms with Crippen LogP contribution in [-0.4, -0.2) is 48.5 Å². The molecule has 0 fully saturated rings. The van der Waals surface area contributed by atoms with Gasteiger partial charge in [-0.2, -0.15) is 0 Å². The number of sulfone groups is 1. The first-order valence-corrected chi connectivity index (χ1v) is 9.87. The van der Waals surface area contributed by atoms with Crippen LogP contribution < -0.4 is 4.72 Å². The van der Waals surface area contributed by atoms with Crippen LogP contribution in [0.2, 0.25) is 0 Å². The van der Waals surface area contributed by atoms with E-state index in [0.29, 0.717) is 0 Å². The van der Waals surface area contributed by atoms with Crippen molar-refractivity contribution in [3.05, 3.63) is 17.0 Å². The van der Waals surface area contributed by atoms with E-state index in [1.807, 2.05) is 0 Å². The number of carbonyl (C=O) groups is 1. The summed E-state index contributed by atoms with van der Waals surface area (Å²) in [7, 11) is -5.64. The standard InChI is InChI=1S/C10H15NO6S3/c1-17-10(12)8-4-5-9(18-8)20(15,16)11-6-3-7-19(2,13)14/h4-5,11H,3,6-7H2,1-2H3. The van der Waals surface area contributed by atoms with Crippen LogP contribution in [0.4, 0.5) is 0 Å². The molecule has 1 heterocycles. The fourth-order valence-electron chi connectivity index (χ4n) is 1.29. The Kier molecular flexibility index (Phi) is 5.68. The molecule has 0 unspecified atom stereocenters. The third-order valence-corrected chi connectivity index (χ3v) is 6.27. The molecule has 1 aromatic rings. The van der Waals surface area contributed by atoms with Gasteiger partial charge in [-0.15, -0.1) is 11.3 Å². The van der Waals surface area contributed by atoms with Gasteiger partial charge >= 0.3 is 5.97 Å². The lowest BCUT2D eigenvalue weighted by Crippen LogP contribution is -2.25. The molecule has 1 N–H and O–H groups in total. The van der Waals surface area contributed by atoms with Gasteiger partial charge in [-0.1, -0.05) is 0 Å². The van der Waals surface area contributed by atoms with Gasteiger partial charge in [-0.05, 0) is 18.6 Å². The normalized spacial score (nSPS) is 12.3. The number of hydrogen-bond acceptors (Lipinski definition) is 7. The lowest BCUT2D eigenvalue weighted by atomic mass is 10.5. The number of ether oxygens (including phenoxy) is 1. The summed E-state index contributed by atoms with van der Waals surface area (Å²) in [5.74, 6) is -0.693. The maximum atomic E-state index is 11.9. The summed E-state index contributed by atoms with van der Waals surface area (Å²) in [6.45, 7) is 0.0147. The Bertz CT molecular complexity index is 674. The second-order valence-electron chi connectivity index (χ2n) is 3.99. The fraction of sp³-hybridized carbons (Fsp3) is 0.500. The Balaban J connectivity index is 2.65. The number of methoxy groups -OCH3 is 1. The molecular weight excluding hydrogens is 326 g/mol. The Hall–Kier alpha value is -0.970. The molecule has 0 amide bonds. The van der Waals surface area contributed by atoms with E-state index in [1.165, 1.54) is 19.2 Å². The zero-order valence-corrected chi connectivity index (χ0v) is 13.4. The molecule has 114 valence electrons. The smallest absolute Gasteiger partial charge is 0.348 e. The van der Waals surface area contributed by atoms with Crippen molar-refractivity contribution in [1.82, 2.24) is 4.72 Å². The first kappa shape index (κ1) is 17.1. The van der Waals surface area contributed by atoms with Gasteiger partial charge in [0.25, 0.3) is 0 Å². The van der Waals surface area contributed by atoms with Crippen LogP contribution in [0.15, 0.2) is 16.3 Å². The largest absolute Gasteiger partial charge is 0.465 e. The van der Waals surface area contributed by atoms with Crippen LogP contribution in [0.5, 0.6) is 0 Å². The third-order valence-electron chi connectivity index (χ3n) is 2.22. The fourth-order valence-corrected chi connectivity index (χ4v) is 4.30. The van der Waals surface area contributed by atoms with E-state index in [9.17, 15) is 21.6 Å². The molecule has 0 bridgehead atoms. The third kappa shape index (κ3) is 5.19. The molecule has 7 nitrogen and oxygen atoms in total. The Morgan fingerprint density at radius 1 is 1.30 bits per heavy atom. The topological polar surface area (TPSA) is 107 Å². The summed E-state index contributed by atoms with van der Waals surface area (Å²) in [4.78, 5) is 11.4. The molecule has 20 heavy (non-hydrogen) atoms. The number of thiophene rings is 1. The highest BCUT2D eigenvalue weighted by Gasteiger charge is 2.19. The molecule has 0 aliphatic rings. The van der Waals surface area contributed by atoms with E-state index in [4.69, 9.17) is 0 Å². The second kappa shape index (κ2) is 6.66. The van der Waals surface area contributed by atoms with E-state index in [2.05, 4.69) is 9.46 Å². The van der Waals surface area contributed by atoms with Crippen molar-refractivity contribution in [1.29, 1.82) is 0 Å². The second-order valence-corrected chi connectivity index (χ2v) is 9.33. The predicted octanol–water partition coefficient (Wildman–Crippen LogP) is 0.248. The molecule has 0 spiro atoms. The van der Waals surface area contributed by atoms with Crippen LogP contribution >= 0.6 is 11.3 Å². The number of carbonyl (C=O) groups excluding carboxylic acids is 1. The van der Waals surface area contributed by atoms with Crippen LogP contribution in [0.3, 0.4) is 0 Å². The van der Waals surface area contributed by atoms with Crippen LogP contribution in [0, 0.1) is 0 Å². The van der Waals surface area contributed by atoms with Gasteiger partial charge in [-0.3, -0.25) is 0 Å². The maximum Gasteiger partial charge on any atom is 0.348 e. The summed E-state index contributed by atoms with van der Waals surface area (Å²) >= 11 is 0.793. The van der Waals surface area contributed by atoms with E-state index in [-0.39, 0.29) is 27.8 Å². The number of nitrogens with one attached hydrogen (secondary N) is 1. The summed E-state index contributed by atoms with van der Waals surface area (Å²) in [6, 6.07) is 2.66. The molecule has 0 aliphatic carbocycles. The molecule has 0 atom stereocenters. The van der Waals surface area contributed by atoms with Crippen LogP contribution in [-0.2, 0) is 24.6 Å². The van der Waals surface area contributed by atoms with Gasteiger partial charge in [0.05, 0.1) is 12.9 Å². The van der Waals surface area contributed by atoms with E-state index >= 15 is 0 Å².